The van der Waals surface area contributed by atoms with Crippen LogP contribution in [-0.2, 0) is 20.7 Å². The van der Waals surface area contributed by atoms with Crippen LogP contribution in [0.1, 0.15) is 46.1 Å². The highest BCUT2D eigenvalue weighted by Crippen LogP contribution is 2.34. The summed E-state index contributed by atoms with van der Waals surface area (Å²) in [6.45, 7) is 9.36. The van der Waals surface area contributed by atoms with Gasteiger partial charge in [0.15, 0.2) is 0 Å². The molecule has 10 nitrogen and oxygen atoms in total. The molecule has 10 heteroatoms. The van der Waals surface area contributed by atoms with Crippen molar-refractivity contribution in [1.82, 2.24) is 14.9 Å². The Morgan fingerprint density at radius 2 is 1.85 bits per heavy atom. The number of nitrogens with one attached hydrogen (secondary N) is 2. The van der Waals surface area contributed by atoms with Crippen LogP contribution in [0, 0.1) is 0 Å². The fourth-order valence-electron chi connectivity index (χ4n) is 4.44. The molecule has 1 aliphatic rings. The van der Waals surface area contributed by atoms with E-state index >= 15 is 0 Å². The van der Waals surface area contributed by atoms with Gasteiger partial charge in [0.05, 0.1) is 17.8 Å². The number of hydrogen-bond donors (Lipinski definition) is 2. The Kier molecular flexibility index (Phi) is 9.78. The van der Waals surface area contributed by atoms with Crippen molar-refractivity contribution in [3.63, 3.8) is 0 Å². The molecule has 0 radical (unpaired) electrons. The zero-order valence-corrected chi connectivity index (χ0v) is 24.5. The summed E-state index contributed by atoms with van der Waals surface area (Å²) < 4.78 is 16.6. The van der Waals surface area contributed by atoms with Gasteiger partial charge in [-0.25, -0.2) is 14.8 Å². The van der Waals surface area contributed by atoms with Crippen LogP contribution in [0.25, 0.3) is 10.9 Å². The van der Waals surface area contributed by atoms with Crippen molar-refractivity contribution in [2.75, 3.05) is 44.0 Å². The van der Waals surface area contributed by atoms with Gasteiger partial charge in [-0.15, -0.1) is 0 Å². The number of carbonyl (C=O) groups excluding carboxylic acids is 2. The summed E-state index contributed by atoms with van der Waals surface area (Å²) in [5, 5.41) is 7.11. The maximum absolute atomic E-state index is 13.1. The molecule has 2 amide bonds. The summed E-state index contributed by atoms with van der Waals surface area (Å²) >= 11 is 0. The number of ether oxygens (including phenoxy) is 3. The largest absolute Gasteiger partial charge is 0.489 e. The highest BCUT2D eigenvalue weighted by molar-refractivity contribution is 6.04. The predicted octanol–water partition coefficient (Wildman–Crippen LogP) is 5.86. The predicted molar refractivity (Wildman–Crippen MR) is 160 cm³/mol. The van der Waals surface area contributed by atoms with Crippen LogP contribution in [0.4, 0.5) is 22.0 Å². The van der Waals surface area contributed by atoms with Crippen LogP contribution >= 0.6 is 0 Å². The van der Waals surface area contributed by atoms with Gasteiger partial charge >= 0.3 is 6.09 Å². The Hall–Kier alpha value is -4.18. The molecule has 2 N–H and O–H groups in total. The second-order valence-electron chi connectivity index (χ2n) is 10.9. The number of amides is 2. The number of carbonyl (C=O) groups is 2. The molecule has 0 spiro atoms. The molecule has 218 valence electrons. The van der Waals surface area contributed by atoms with E-state index in [0.29, 0.717) is 61.9 Å². The van der Waals surface area contributed by atoms with Crippen molar-refractivity contribution in [2.24, 2.45) is 0 Å². The lowest BCUT2D eigenvalue weighted by atomic mass is 10.0. The molecule has 41 heavy (non-hydrogen) atoms. The van der Waals surface area contributed by atoms with Crippen LogP contribution in [-0.4, -0.2) is 65.9 Å². The first-order chi connectivity index (χ1) is 19.6. The molecule has 2 heterocycles. The van der Waals surface area contributed by atoms with Gasteiger partial charge in [-0.1, -0.05) is 24.6 Å². The van der Waals surface area contributed by atoms with Crippen molar-refractivity contribution in [2.45, 2.75) is 52.6 Å². The maximum Gasteiger partial charge on any atom is 0.410 e. The van der Waals surface area contributed by atoms with E-state index < -0.39 is 5.60 Å². The van der Waals surface area contributed by atoms with E-state index in [1.54, 1.807) is 24.2 Å². The van der Waals surface area contributed by atoms with Crippen LogP contribution in [0.3, 0.4) is 0 Å². The second-order valence-corrected chi connectivity index (χ2v) is 10.9. The minimum absolute atomic E-state index is 0.274. The molecular formula is C31H39N5O5. The summed E-state index contributed by atoms with van der Waals surface area (Å²) in [6.07, 6.45) is 4.89. The maximum atomic E-state index is 13.1. The van der Waals surface area contributed by atoms with Gasteiger partial charge in [0.1, 0.15) is 30.1 Å². The molecule has 1 saturated heterocycles. The third kappa shape index (κ3) is 8.40. The Labute approximate surface area is 241 Å². The molecule has 1 aromatic heterocycles. The number of piperidine rings is 1. The quantitative estimate of drug-likeness (QED) is 0.247. The molecule has 2 aromatic carbocycles. The number of anilines is 3. The average molecular weight is 562 g/mol. The first kappa shape index (κ1) is 29.8. The number of aryl methyl sites for hydroxylation is 1. The molecule has 4 rings (SSSR count). The van der Waals surface area contributed by atoms with E-state index in [2.05, 4.69) is 39.7 Å². The standard InChI is InChI=1S/C31H39N5O5/c1-6-21-8-7-9-23(16-21)34-29-24-18-26(27(40-15-14-39-5)19-25(24)32-20-33-29)35-28(37)17-22-10-12-36(13-11-22)30(38)41-31(2,3)4/h7-9,16-20H,6,10-15H2,1-5H3,(H,35,37)(H,32,33,34). The van der Waals surface area contributed by atoms with Crippen molar-refractivity contribution in [1.29, 1.82) is 0 Å². The number of benzene rings is 2. The minimum atomic E-state index is -0.546. The van der Waals surface area contributed by atoms with Gasteiger partial charge in [0.2, 0.25) is 5.91 Å². The SMILES string of the molecule is CCc1cccc(Nc2ncnc3cc(OCCOC)c(NC(=O)C=C4CCN(C(=O)OC(C)(C)C)CC4)cc23)c1. The smallest absolute Gasteiger partial charge is 0.410 e. The molecular weight excluding hydrogens is 522 g/mol. The number of methoxy groups -OCH3 is 1. The number of aromatic nitrogens is 2. The number of hydrogen-bond acceptors (Lipinski definition) is 8. The van der Waals surface area contributed by atoms with Gasteiger partial charge in [0.25, 0.3) is 0 Å². The van der Waals surface area contributed by atoms with Crippen molar-refractivity contribution in [3.05, 3.63) is 59.9 Å². The lowest BCUT2D eigenvalue weighted by Crippen LogP contribution is -2.40. The molecule has 1 fully saturated rings. The van der Waals surface area contributed by atoms with E-state index in [9.17, 15) is 9.59 Å². The molecule has 0 bridgehead atoms. The topological polar surface area (TPSA) is 115 Å². The zero-order chi connectivity index (χ0) is 29.4. The third-order valence-electron chi connectivity index (χ3n) is 6.53. The van der Waals surface area contributed by atoms with Crippen molar-refractivity contribution in [3.8, 4) is 5.75 Å². The normalized spacial score (nSPS) is 13.6. The number of nitrogens with zero attached hydrogens (tertiary/aromatic N) is 3. The summed E-state index contributed by atoms with van der Waals surface area (Å²) in [5.41, 5.74) is 3.72. The fraction of sp³-hybridized carbons (Fsp3) is 0.419. The summed E-state index contributed by atoms with van der Waals surface area (Å²) in [7, 11) is 1.60. The highest BCUT2D eigenvalue weighted by Gasteiger charge is 2.25. The van der Waals surface area contributed by atoms with E-state index in [-0.39, 0.29) is 12.0 Å². The third-order valence-corrected chi connectivity index (χ3v) is 6.53. The first-order valence-electron chi connectivity index (χ1n) is 13.9. The first-order valence-corrected chi connectivity index (χ1v) is 13.9. The van der Waals surface area contributed by atoms with Crippen LogP contribution in [0.5, 0.6) is 5.75 Å². The Balaban J connectivity index is 1.54. The molecule has 0 atom stereocenters. The monoisotopic (exact) mass is 561 g/mol. The Morgan fingerprint density at radius 1 is 1.07 bits per heavy atom. The summed E-state index contributed by atoms with van der Waals surface area (Å²) in [6, 6.07) is 11.8. The van der Waals surface area contributed by atoms with E-state index in [1.165, 1.54) is 11.9 Å². The summed E-state index contributed by atoms with van der Waals surface area (Å²) in [5.74, 6) is 0.831. The van der Waals surface area contributed by atoms with Crippen molar-refractivity contribution < 1.29 is 23.8 Å². The van der Waals surface area contributed by atoms with E-state index in [4.69, 9.17) is 14.2 Å². The van der Waals surface area contributed by atoms with Crippen LogP contribution in [0.15, 0.2) is 54.4 Å². The Bertz CT molecular complexity index is 1410. The van der Waals surface area contributed by atoms with Gasteiger partial charge < -0.3 is 29.7 Å². The number of rotatable bonds is 9. The molecule has 0 aliphatic carbocycles. The number of fused-ring (bicyclic) bond motifs is 1. The molecule has 0 unspecified atom stereocenters. The zero-order valence-electron chi connectivity index (χ0n) is 24.5. The lowest BCUT2D eigenvalue weighted by Gasteiger charge is -2.30. The van der Waals surface area contributed by atoms with Gasteiger partial charge in [-0.2, -0.15) is 0 Å². The van der Waals surface area contributed by atoms with Crippen LogP contribution in [0.2, 0.25) is 0 Å². The second kappa shape index (κ2) is 13.5. The van der Waals surface area contributed by atoms with Crippen molar-refractivity contribution >= 4 is 40.1 Å². The van der Waals surface area contributed by atoms with Gasteiger partial charge in [-0.05, 0) is 63.8 Å². The highest BCUT2D eigenvalue weighted by atomic mass is 16.6. The van der Waals surface area contributed by atoms with Gasteiger partial charge in [-0.3, -0.25) is 4.79 Å². The molecule has 1 aliphatic heterocycles. The Morgan fingerprint density at radius 3 is 2.56 bits per heavy atom. The van der Waals surface area contributed by atoms with E-state index in [0.717, 1.165) is 23.1 Å². The van der Waals surface area contributed by atoms with Crippen LogP contribution < -0.4 is 15.4 Å². The minimum Gasteiger partial charge on any atom is -0.489 e. The van der Waals surface area contributed by atoms with Gasteiger partial charge in [0, 0.05) is 43.4 Å². The fourth-order valence-corrected chi connectivity index (χ4v) is 4.44. The van der Waals surface area contributed by atoms with E-state index in [1.807, 2.05) is 39.0 Å². The average Bonchev–Trinajstić information content (AvgIpc) is 2.93. The summed E-state index contributed by atoms with van der Waals surface area (Å²) in [4.78, 5) is 36.1. The molecule has 3 aromatic rings. The molecule has 0 saturated carbocycles. The number of likely N-dealkylation sites (tertiary alicyclic amines) is 1. The lowest BCUT2D eigenvalue weighted by molar-refractivity contribution is -0.112.